The highest BCUT2D eigenvalue weighted by Gasteiger charge is 2.11. The van der Waals surface area contributed by atoms with Crippen LogP contribution in [0.3, 0.4) is 0 Å². The molecule has 0 aliphatic rings. The topological polar surface area (TPSA) is 68.0 Å². The van der Waals surface area contributed by atoms with Gasteiger partial charge in [-0.25, -0.2) is 4.98 Å². The van der Waals surface area contributed by atoms with E-state index in [1.807, 2.05) is 30.3 Å². The molecule has 5 heteroatoms. The van der Waals surface area contributed by atoms with Crippen LogP contribution in [0.15, 0.2) is 59.8 Å². The Labute approximate surface area is 134 Å². The van der Waals surface area contributed by atoms with Gasteiger partial charge in [-0.15, -0.1) is 11.8 Å². The Morgan fingerprint density at radius 2 is 2.05 bits per heavy atom. The normalized spacial score (nSPS) is 10.8. The first-order valence-electron chi connectivity index (χ1n) is 7.09. The van der Waals surface area contributed by atoms with E-state index in [0.717, 1.165) is 16.3 Å². The number of thioether (sulfide) groups is 1. The number of pyridine rings is 1. The monoisotopic (exact) mass is 313 g/mol. The molecule has 114 valence electrons. The van der Waals surface area contributed by atoms with Gasteiger partial charge in [0.1, 0.15) is 5.03 Å². The van der Waals surface area contributed by atoms with Crippen LogP contribution in [0.1, 0.15) is 15.9 Å². The Morgan fingerprint density at radius 3 is 2.82 bits per heavy atom. The highest BCUT2D eigenvalue weighted by Crippen LogP contribution is 2.20. The Bertz CT molecular complexity index is 629. The lowest BCUT2D eigenvalue weighted by Gasteiger charge is -2.07. The Morgan fingerprint density at radius 1 is 1.23 bits per heavy atom. The van der Waals surface area contributed by atoms with Gasteiger partial charge in [0.15, 0.2) is 0 Å². The molecule has 0 radical (unpaired) electrons. The Balaban J connectivity index is 1.95. The minimum absolute atomic E-state index is 0.131. The maximum atomic E-state index is 12.0. The summed E-state index contributed by atoms with van der Waals surface area (Å²) in [6.45, 7) is 0.889. The summed E-state index contributed by atoms with van der Waals surface area (Å²) in [6.07, 6.45) is 5.82. The molecule has 22 heavy (non-hydrogen) atoms. The SMILES string of the molecule is NCCNC(=O)c1cccnc1SC/C=C/c1ccccc1. The zero-order chi connectivity index (χ0) is 15.6. The summed E-state index contributed by atoms with van der Waals surface area (Å²) in [5.41, 5.74) is 7.15. The van der Waals surface area contributed by atoms with Crippen molar-refractivity contribution in [1.82, 2.24) is 10.3 Å². The second-order valence-electron chi connectivity index (χ2n) is 4.52. The molecule has 0 unspecified atom stereocenters. The summed E-state index contributed by atoms with van der Waals surface area (Å²) >= 11 is 1.54. The third-order valence-electron chi connectivity index (χ3n) is 2.87. The molecule has 1 amide bonds. The minimum Gasteiger partial charge on any atom is -0.351 e. The van der Waals surface area contributed by atoms with Crippen molar-refractivity contribution in [2.24, 2.45) is 5.73 Å². The predicted octanol–water partition coefficient (Wildman–Crippen LogP) is 2.58. The molecule has 1 aromatic heterocycles. The molecule has 1 heterocycles. The second kappa shape index (κ2) is 9.02. The number of hydrogen-bond acceptors (Lipinski definition) is 4. The number of benzene rings is 1. The average molecular weight is 313 g/mol. The summed E-state index contributed by atoms with van der Waals surface area (Å²) in [7, 11) is 0. The van der Waals surface area contributed by atoms with E-state index in [9.17, 15) is 4.79 Å². The molecular weight excluding hydrogens is 294 g/mol. The van der Waals surface area contributed by atoms with E-state index in [-0.39, 0.29) is 5.91 Å². The quantitative estimate of drug-likeness (QED) is 0.771. The summed E-state index contributed by atoms with van der Waals surface area (Å²) < 4.78 is 0. The number of nitrogens with one attached hydrogen (secondary N) is 1. The molecule has 4 nitrogen and oxygen atoms in total. The molecule has 0 aliphatic carbocycles. The average Bonchev–Trinajstić information content (AvgIpc) is 2.58. The third-order valence-corrected chi connectivity index (χ3v) is 3.83. The lowest BCUT2D eigenvalue weighted by atomic mass is 10.2. The van der Waals surface area contributed by atoms with Gasteiger partial charge in [-0.3, -0.25) is 4.79 Å². The van der Waals surface area contributed by atoms with Crippen LogP contribution in [-0.2, 0) is 0 Å². The predicted molar refractivity (Wildman–Crippen MR) is 91.8 cm³/mol. The van der Waals surface area contributed by atoms with E-state index < -0.39 is 0 Å². The first kappa shape index (κ1) is 16.3. The minimum atomic E-state index is -0.131. The van der Waals surface area contributed by atoms with Gasteiger partial charge in [-0.1, -0.05) is 42.5 Å². The number of carbonyl (C=O) groups excluding carboxylic acids is 1. The number of amides is 1. The Kier molecular flexibility index (Phi) is 6.67. The molecule has 3 N–H and O–H groups in total. The van der Waals surface area contributed by atoms with Crippen molar-refractivity contribution >= 4 is 23.7 Å². The van der Waals surface area contributed by atoms with E-state index in [1.54, 1.807) is 18.3 Å². The highest BCUT2D eigenvalue weighted by molar-refractivity contribution is 7.99. The number of carbonyl (C=O) groups is 1. The molecule has 2 aromatic rings. The smallest absolute Gasteiger partial charge is 0.254 e. The summed E-state index contributed by atoms with van der Waals surface area (Å²) in [5.74, 6) is 0.622. The van der Waals surface area contributed by atoms with Gasteiger partial charge in [-0.2, -0.15) is 0 Å². The second-order valence-corrected chi connectivity index (χ2v) is 5.53. The standard InChI is InChI=1S/C17H19N3OS/c18-10-12-19-16(21)15-9-4-11-20-17(15)22-13-5-8-14-6-2-1-3-7-14/h1-9,11H,10,12-13,18H2,(H,19,21)/b8-5+. The van der Waals surface area contributed by atoms with E-state index in [2.05, 4.69) is 22.5 Å². The molecule has 0 spiro atoms. The van der Waals surface area contributed by atoms with Crippen molar-refractivity contribution in [1.29, 1.82) is 0 Å². The fourth-order valence-electron chi connectivity index (χ4n) is 1.83. The molecular formula is C17H19N3OS. The van der Waals surface area contributed by atoms with E-state index in [4.69, 9.17) is 5.73 Å². The molecule has 2 rings (SSSR count). The van der Waals surface area contributed by atoms with E-state index in [1.165, 1.54) is 11.8 Å². The van der Waals surface area contributed by atoms with Crippen LogP contribution < -0.4 is 11.1 Å². The van der Waals surface area contributed by atoms with Gasteiger partial charge in [0.05, 0.1) is 5.56 Å². The van der Waals surface area contributed by atoms with Crippen LogP contribution in [0, 0.1) is 0 Å². The maximum Gasteiger partial charge on any atom is 0.254 e. The number of nitrogens with two attached hydrogens (primary N) is 1. The van der Waals surface area contributed by atoms with Crippen LogP contribution in [-0.4, -0.2) is 29.7 Å². The number of hydrogen-bond donors (Lipinski definition) is 2. The third kappa shape index (κ3) is 5.02. The molecule has 0 saturated heterocycles. The fourth-order valence-corrected chi connectivity index (χ4v) is 2.64. The molecule has 0 bridgehead atoms. The van der Waals surface area contributed by atoms with E-state index in [0.29, 0.717) is 18.7 Å². The van der Waals surface area contributed by atoms with Crippen molar-refractivity contribution < 1.29 is 4.79 Å². The highest BCUT2D eigenvalue weighted by atomic mass is 32.2. The van der Waals surface area contributed by atoms with Crippen LogP contribution >= 0.6 is 11.8 Å². The van der Waals surface area contributed by atoms with Gasteiger partial charge in [0, 0.05) is 25.0 Å². The zero-order valence-corrected chi connectivity index (χ0v) is 13.1. The van der Waals surface area contributed by atoms with Gasteiger partial charge < -0.3 is 11.1 Å². The summed E-state index contributed by atoms with van der Waals surface area (Å²) in [5, 5.41) is 3.50. The maximum absolute atomic E-state index is 12.0. The molecule has 0 saturated carbocycles. The lowest BCUT2D eigenvalue weighted by Crippen LogP contribution is -2.29. The van der Waals surface area contributed by atoms with Crippen molar-refractivity contribution in [3.63, 3.8) is 0 Å². The van der Waals surface area contributed by atoms with Gasteiger partial charge in [0.25, 0.3) is 5.91 Å². The molecule has 0 atom stereocenters. The first-order chi connectivity index (χ1) is 10.8. The number of nitrogens with zero attached hydrogens (tertiary/aromatic N) is 1. The summed E-state index contributed by atoms with van der Waals surface area (Å²) in [4.78, 5) is 16.3. The number of rotatable bonds is 7. The molecule has 0 aliphatic heterocycles. The molecule has 1 aromatic carbocycles. The van der Waals surface area contributed by atoms with E-state index >= 15 is 0 Å². The van der Waals surface area contributed by atoms with Crippen molar-refractivity contribution in [3.05, 3.63) is 65.9 Å². The van der Waals surface area contributed by atoms with Crippen LogP contribution in [0.25, 0.3) is 6.08 Å². The van der Waals surface area contributed by atoms with Crippen molar-refractivity contribution in [2.45, 2.75) is 5.03 Å². The summed E-state index contributed by atoms with van der Waals surface area (Å²) in [6, 6.07) is 13.6. The lowest BCUT2D eigenvalue weighted by molar-refractivity contribution is 0.0951. The van der Waals surface area contributed by atoms with Crippen LogP contribution in [0.5, 0.6) is 0 Å². The molecule has 0 fully saturated rings. The van der Waals surface area contributed by atoms with Gasteiger partial charge in [0.2, 0.25) is 0 Å². The Hall–Kier alpha value is -2.11. The van der Waals surface area contributed by atoms with Crippen LogP contribution in [0.4, 0.5) is 0 Å². The zero-order valence-electron chi connectivity index (χ0n) is 12.2. The van der Waals surface area contributed by atoms with Gasteiger partial charge in [-0.05, 0) is 17.7 Å². The first-order valence-corrected chi connectivity index (χ1v) is 8.07. The van der Waals surface area contributed by atoms with Gasteiger partial charge >= 0.3 is 0 Å². The van der Waals surface area contributed by atoms with Crippen molar-refractivity contribution in [3.8, 4) is 0 Å². The number of aromatic nitrogens is 1. The van der Waals surface area contributed by atoms with Crippen molar-refractivity contribution in [2.75, 3.05) is 18.8 Å². The fraction of sp³-hybridized carbons (Fsp3) is 0.176. The largest absolute Gasteiger partial charge is 0.351 e. The van der Waals surface area contributed by atoms with Crippen LogP contribution in [0.2, 0.25) is 0 Å².